The summed E-state index contributed by atoms with van der Waals surface area (Å²) in [7, 11) is 0. The van der Waals surface area contributed by atoms with Crippen LogP contribution in [0.2, 0.25) is 0 Å². The zero-order valence-corrected chi connectivity index (χ0v) is 7.83. The molecule has 1 aliphatic rings. The fourth-order valence-electron chi connectivity index (χ4n) is 2.04. The van der Waals surface area contributed by atoms with Gasteiger partial charge in [0.1, 0.15) is 5.75 Å². The summed E-state index contributed by atoms with van der Waals surface area (Å²) in [5.41, 5.74) is 8.21. The molecule has 2 nitrogen and oxygen atoms in total. The SMILES string of the molecule is CC(N)C1Cc2cccc(O)c2C1. The van der Waals surface area contributed by atoms with Crippen LogP contribution in [0.25, 0.3) is 0 Å². The topological polar surface area (TPSA) is 46.2 Å². The van der Waals surface area contributed by atoms with Gasteiger partial charge >= 0.3 is 0 Å². The van der Waals surface area contributed by atoms with E-state index in [0.717, 1.165) is 18.4 Å². The molecule has 0 spiro atoms. The number of phenols is 1. The van der Waals surface area contributed by atoms with Gasteiger partial charge in [0, 0.05) is 6.04 Å². The monoisotopic (exact) mass is 177 g/mol. The molecule has 0 radical (unpaired) electrons. The van der Waals surface area contributed by atoms with Crippen LogP contribution < -0.4 is 5.73 Å². The minimum atomic E-state index is 0.215. The van der Waals surface area contributed by atoms with Crippen molar-refractivity contribution in [3.8, 4) is 5.75 Å². The standard InChI is InChI=1S/C11H15NO/c1-7(12)9-5-8-3-2-4-11(13)10(8)6-9/h2-4,7,9,13H,5-6,12H2,1H3. The number of fused-ring (bicyclic) bond motifs is 1. The van der Waals surface area contributed by atoms with Crippen molar-refractivity contribution in [2.45, 2.75) is 25.8 Å². The summed E-state index contributed by atoms with van der Waals surface area (Å²) in [6.07, 6.45) is 1.95. The minimum absolute atomic E-state index is 0.215. The molecule has 2 heteroatoms. The Morgan fingerprint density at radius 2 is 2.23 bits per heavy atom. The fraction of sp³-hybridized carbons (Fsp3) is 0.455. The Kier molecular flexibility index (Phi) is 2.00. The number of rotatable bonds is 1. The van der Waals surface area contributed by atoms with E-state index in [9.17, 15) is 5.11 Å². The normalized spacial score (nSPS) is 22.8. The van der Waals surface area contributed by atoms with Crippen LogP contribution in [-0.4, -0.2) is 11.1 Å². The Morgan fingerprint density at radius 3 is 2.85 bits per heavy atom. The van der Waals surface area contributed by atoms with Crippen molar-refractivity contribution in [1.82, 2.24) is 0 Å². The summed E-state index contributed by atoms with van der Waals surface area (Å²) >= 11 is 0. The maximum absolute atomic E-state index is 9.59. The molecule has 1 aromatic carbocycles. The van der Waals surface area contributed by atoms with Crippen molar-refractivity contribution >= 4 is 0 Å². The van der Waals surface area contributed by atoms with Crippen molar-refractivity contribution < 1.29 is 5.11 Å². The summed E-state index contributed by atoms with van der Waals surface area (Å²) in [5, 5.41) is 9.59. The van der Waals surface area contributed by atoms with Crippen molar-refractivity contribution in [2.75, 3.05) is 0 Å². The van der Waals surface area contributed by atoms with Gasteiger partial charge in [0.2, 0.25) is 0 Å². The van der Waals surface area contributed by atoms with Gasteiger partial charge in [0.25, 0.3) is 0 Å². The molecule has 13 heavy (non-hydrogen) atoms. The van der Waals surface area contributed by atoms with Gasteiger partial charge in [0.05, 0.1) is 0 Å². The second-order valence-electron chi connectivity index (χ2n) is 3.94. The van der Waals surface area contributed by atoms with Gasteiger partial charge in [-0.05, 0) is 42.9 Å². The first-order chi connectivity index (χ1) is 6.18. The van der Waals surface area contributed by atoms with Gasteiger partial charge in [0.15, 0.2) is 0 Å². The first-order valence-electron chi connectivity index (χ1n) is 4.74. The van der Waals surface area contributed by atoms with E-state index in [-0.39, 0.29) is 6.04 Å². The van der Waals surface area contributed by atoms with Crippen molar-refractivity contribution in [2.24, 2.45) is 11.7 Å². The highest BCUT2D eigenvalue weighted by Crippen LogP contribution is 2.33. The van der Waals surface area contributed by atoms with Crippen LogP contribution in [-0.2, 0) is 12.8 Å². The molecule has 0 heterocycles. The molecule has 1 aliphatic carbocycles. The van der Waals surface area contributed by atoms with Crippen LogP contribution in [0.1, 0.15) is 18.1 Å². The quantitative estimate of drug-likeness (QED) is 0.682. The zero-order valence-electron chi connectivity index (χ0n) is 7.83. The summed E-state index contributed by atoms with van der Waals surface area (Å²) in [5.74, 6) is 0.934. The second-order valence-corrected chi connectivity index (χ2v) is 3.94. The summed E-state index contributed by atoms with van der Waals surface area (Å²) < 4.78 is 0. The van der Waals surface area contributed by atoms with Crippen LogP contribution in [0.3, 0.4) is 0 Å². The number of aromatic hydroxyl groups is 1. The second kappa shape index (κ2) is 3.04. The van der Waals surface area contributed by atoms with Crippen molar-refractivity contribution in [3.05, 3.63) is 29.3 Å². The van der Waals surface area contributed by atoms with E-state index >= 15 is 0 Å². The molecule has 0 aromatic heterocycles. The molecule has 2 atom stereocenters. The maximum atomic E-state index is 9.59. The smallest absolute Gasteiger partial charge is 0.119 e. The van der Waals surface area contributed by atoms with Gasteiger partial charge < -0.3 is 10.8 Å². The number of benzene rings is 1. The van der Waals surface area contributed by atoms with E-state index in [1.165, 1.54) is 5.56 Å². The molecular weight excluding hydrogens is 162 g/mol. The predicted molar refractivity (Wildman–Crippen MR) is 52.7 cm³/mol. The molecule has 0 amide bonds. The van der Waals surface area contributed by atoms with Gasteiger partial charge in [-0.2, -0.15) is 0 Å². The Hall–Kier alpha value is -1.02. The van der Waals surface area contributed by atoms with Crippen LogP contribution >= 0.6 is 0 Å². The van der Waals surface area contributed by atoms with Crippen LogP contribution in [0.5, 0.6) is 5.75 Å². The lowest BCUT2D eigenvalue weighted by Gasteiger charge is -2.12. The van der Waals surface area contributed by atoms with E-state index in [0.29, 0.717) is 11.7 Å². The van der Waals surface area contributed by atoms with Gasteiger partial charge in [-0.15, -0.1) is 0 Å². The molecule has 0 aliphatic heterocycles. The predicted octanol–water partition coefficient (Wildman–Crippen LogP) is 1.45. The molecule has 1 aromatic rings. The van der Waals surface area contributed by atoms with E-state index in [2.05, 4.69) is 6.07 Å². The summed E-state index contributed by atoms with van der Waals surface area (Å²) in [6.45, 7) is 2.04. The lowest BCUT2D eigenvalue weighted by molar-refractivity contribution is 0.447. The highest BCUT2D eigenvalue weighted by molar-refractivity contribution is 5.42. The molecular formula is C11H15NO. The minimum Gasteiger partial charge on any atom is -0.508 e. The molecule has 70 valence electrons. The highest BCUT2D eigenvalue weighted by atomic mass is 16.3. The van der Waals surface area contributed by atoms with E-state index in [1.54, 1.807) is 6.07 Å². The van der Waals surface area contributed by atoms with Crippen LogP contribution in [0.15, 0.2) is 18.2 Å². The van der Waals surface area contributed by atoms with E-state index in [1.807, 2.05) is 13.0 Å². The number of hydrogen-bond donors (Lipinski definition) is 2. The molecule has 2 rings (SSSR count). The molecule has 3 N–H and O–H groups in total. The number of hydrogen-bond acceptors (Lipinski definition) is 2. The molecule has 0 saturated carbocycles. The molecule has 0 bridgehead atoms. The summed E-state index contributed by atoms with van der Waals surface area (Å²) in [6, 6.07) is 5.95. The average molecular weight is 177 g/mol. The van der Waals surface area contributed by atoms with Crippen LogP contribution in [0.4, 0.5) is 0 Å². The zero-order chi connectivity index (χ0) is 9.42. The molecule has 0 fully saturated rings. The first kappa shape index (κ1) is 8.57. The largest absolute Gasteiger partial charge is 0.508 e. The molecule has 2 unspecified atom stereocenters. The van der Waals surface area contributed by atoms with Gasteiger partial charge in [-0.3, -0.25) is 0 Å². The van der Waals surface area contributed by atoms with E-state index in [4.69, 9.17) is 5.73 Å². The molecule has 0 saturated heterocycles. The number of phenolic OH excluding ortho intramolecular Hbond substituents is 1. The third-order valence-electron chi connectivity index (χ3n) is 2.94. The van der Waals surface area contributed by atoms with Crippen LogP contribution in [0, 0.1) is 5.92 Å². The Bertz CT molecular complexity index is 320. The highest BCUT2D eigenvalue weighted by Gasteiger charge is 2.25. The lowest BCUT2D eigenvalue weighted by atomic mass is 9.99. The average Bonchev–Trinajstić information content (AvgIpc) is 2.49. The van der Waals surface area contributed by atoms with Gasteiger partial charge in [-0.1, -0.05) is 12.1 Å². The third kappa shape index (κ3) is 1.42. The van der Waals surface area contributed by atoms with E-state index < -0.39 is 0 Å². The Morgan fingerprint density at radius 1 is 1.46 bits per heavy atom. The van der Waals surface area contributed by atoms with Crippen molar-refractivity contribution in [3.63, 3.8) is 0 Å². The Labute approximate surface area is 78.4 Å². The summed E-state index contributed by atoms with van der Waals surface area (Å²) in [4.78, 5) is 0. The fourth-order valence-corrected chi connectivity index (χ4v) is 2.04. The first-order valence-corrected chi connectivity index (χ1v) is 4.74. The Balaban J connectivity index is 2.30. The number of nitrogens with two attached hydrogens (primary N) is 1. The maximum Gasteiger partial charge on any atom is 0.119 e. The van der Waals surface area contributed by atoms with Gasteiger partial charge in [-0.25, -0.2) is 0 Å². The van der Waals surface area contributed by atoms with Crippen molar-refractivity contribution in [1.29, 1.82) is 0 Å². The third-order valence-corrected chi connectivity index (χ3v) is 2.94. The lowest BCUT2D eigenvalue weighted by Crippen LogP contribution is -2.26.